The summed E-state index contributed by atoms with van der Waals surface area (Å²) in [4.78, 5) is 38.0. The largest absolute Gasteiger partial charge is 0.364 e. The van der Waals surface area contributed by atoms with E-state index in [0.717, 1.165) is 5.56 Å². The zero-order valence-electron chi connectivity index (χ0n) is 16.7. The summed E-state index contributed by atoms with van der Waals surface area (Å²) in [5, 5.41) is 8.11. The number of hydrogen-bond donors (Lipinski definition) is 2. The Hall–Kier alpha value is -3.71. The van der Waals surface area contributed by atoms with Crippen LogP contribution >= 0.6 is 11.6 Å². The molecule has 0 saturated heterocycles. The Kier molecular flexibility index (Phi) is 5.44. The molecule has 31 heavy (non-hydrogen) atoms. The normalized spacial score (nSPS) is 11.0. The molecule has 0 spiro atoms. The minimum atomic E-state index is -0.683. The lowest BCUT2D eigenvalue weighted by Gasteiger charge is -2.19. The van der Waals surface area contributed by atoms with Crippen LogP contribution in [0.1, 0.15) is 40.0 Å². The molecule has 4 aromatic rings. The fourth-order valence-corrected chi connectivity index (χ4v) is 3.84. The van der Waals surface area contributed by atoms with Gasteiger partial charge in [0.25, 0.3) is 11.5 Å². The average Bonchev–Trinajstić information content (AvgIpc) is 3.24. The highest BCUT2D eigenvalue weighted by Crippen LogP contribution is 2.33. The Morgan fingerprint density at radius 1 is 1.10 bits per heavy atom. The minimum Gasteiger partial charge on any atom is -0.364 e. The summed E-state index contributed by atoms with van der Waals surface area (Å²) in [5.41, 5.74) is 7.20. The molecule has 0 saturated carbocycles. The van der Waals surface area contributed by atoms with Gasteiger partial charge < -0.3 is 5.73 Å². The number of H-pyrrole nitrogens is 1. The highest BCUT2D eigenvalue weighted by molar-refractivity contribution is 6.31. The van der Waals surface area contributed by atoms with Crippen LogP contribution in [0.25, 0.3) is 21.9 Å². The zero-order chi connectivity index (χ0) is 22.1. The number of nitrogens with zero attached hydrogens (tertiary/aromatic N) is 2. The maximum absolute atomic E-state index is 13.5. The summed E-state index contributed by atoms with van der Waals surface area (Å²) >= 11 is 6.25. The number of Topliss-reactive ketones (excluding diaryl/α,β-unsaturated/α-hetero) is 1. The number of benzene rings is 2. The molecule has 2 heterocycles. The third-order valence-corrected chi connectivity index (χ3v) is 5.33. The second-order valence-corrected chi connectivity index (χ2v) is 7.53. The van der Waals surface area contributed by atoms with Crippen molar-refractivity contribution in [3.8, 4) is 11.1 Å². The zero-order valence-corrected chi connectivity index (χ0v) is 17.4. The van der Waals surface area contributed by atoms with E-state index >= 15 is 0 Å². The van der Waals surface area contributed by atoms with Crippen molar-refractivity contribution in [2.75, 3.05) is 0 Å². The Morgan fingerprint density at radius 2 is 1.84 bits per heavy atom. The first-order valence-electron chi connectivity index (χ1n) is 9.69. The lowest BCUT2D eigenvalue weighted by Crippen LogP contribution is -2.28. The van der Waals surface area contributed by atoms with Gasteiger partial charge in [0.15, 0.2) is 5.78 Å². The van der Waals surface area contributed by atoms with Crippen LogP contribution in [0.3, 0.4) is 0 Å². The highest BCUT2D eigenvalue weighted by Gasteiger charge is 2.23. The molecule has 0 radical (unpaired) electrons. The number of carbonyl (C=O) groups excluding carboxylic acids is 2. The number of aromatic nitrogens is 3. The van der Waals surface area contributed by atoms with Crippen LogP contribution < -0.4 is 11.3 Å². The van der Waals surface area contributed by atoms with E-state index < -0.39 is 5.91 Å². The molecule has 8 heteroatoms. The van der Waals surface area contributed by atoms with Crippen LogP contribution in [0, 0.1) is 0 Å². The molecule has 2 aromatic carbocycles. The average molecular weight is 435 g/mol. The minimum absolute atomic E-state index is 0.0264. The second-order valence-electron chi connectivity index (χ2n) is 7.09. The molecule has 0 aliphatic heterocycles. The van der Waals surface area contributed by atoms with E-state index in [1.807, 2.05) is 30.3 Å². The predicted molar refractivity (Wildman–Crippen MR) is 119 cm³/mol. The van der Waals surface area contributed by atoms with Gasteiger partial charge in [-0.25, -0.2) is 0 Å². The van der Waals surface area contributed by atoms with Crippen molar-refractivity contribution in [3.05, 3.63) is 87.1 Å². The van der Waals surface area contributed by atoms with Crippen LogP contribution in [0.5, 0.6) is 0 Å². The molecule has 4 rings (SSSR count). The number of aromatic amines is 1. The van der Waals surface area contributed by atoms with Gasteiger partial charge in [0.2, 0.25) is 0 Å². The number of nitrogens with two attached hydrogens (primary N) is 1. The van der Waals surface area contributed by atoms with E-state index in [1.54, 1.807) is 25.1 Å². The number of primary amides is 1. The van der Waals surface area contributed by atoms with Crippen LogP contribution in [-0.2, 0) is 6.54 Å². The van der Waals surface area contributed by atoms with Crippen molar-refractivity contribution < 1.29 is 9.59 Å². The fourth-order valence-electron chi connectivity index (χ4n) is 3.66. The molecular weight excluding hydrogens is 416 g/mol. The molecule has 2 aromatic heterocycles. The summed E-state index contributed by atoms with van der Waals surface area (Å²) in [7, 11) is 0. The quantitative estimate of drug-likeness (QED) is 0.450. The van der Waals surface area contributed by atoms with Crippen molar-refractivity contribution in [1.82, 2.24) is 14.8 Å². The van der Waals surface area contributed by atoms with Gasteiger partial charge in [-0.1, -0.05) is 48.9 Å². The van der Waals surface area contributed by atoms with Gasteiger partial charge in [-0.15, -0.1) is 0 Å². The first-order chi connectivity index (χ1) is 14.9. The molecule has 3 N–H and O–H groups in total. The Morgan fingerprint density at radius 3 is 2.48 bits per heavy atom. The van der Waals surface area contributed by atoms with Crippen LogP contribution in [0.2, 0.25) is 5.02 Å². The van der Waals surface area contributed by atoms with Crippen molar-refractivity contribution in [3.63, 3.8) is 0 Å². The van der Waals surface area contributed by atoms with Gasteiger partial charge >= 0.3 is 0 Å². The van der Waals surface area contributed by atoms with Crippen molar-refractivity contribution in [2.24, 2.45) is 5.73 Å². The van der Waals surface area contributed by atoms with Gasteiger partial charge in [-0.2, -0.15) is 5.10 Å². The van der Waals surface area contributed by atoms with Crippen molar-refractivity contribution in [1.29, 1.82) is 0 Å². The number of pyridine rings is 1. The molecule has 156 valence electrons. The van der Waals surface area contributed by atoms with Gasteiger partial charge in [0.05, 0.1) is 17.9 Å². The summed E-state index contributed by atoms with van der Waals surface area (Å²) in [6.07, 6.45) is 0.209. The number of nitrogens with one attached hydrogen (secondary N) is 1. The number of amides is 1. The molecule has 0 fully saturated rings. The number of carbonyl (C=O) groups is 2. The molecule has 0 bridgehead atoms. The van der Waals surface area contributed by atoms with E-state index in [-0.39, 0.29) is 35.7 Å². The molecule has 0 aliphatic carbocycles. The van der Waals surface area contributed by atoms with Crippen molar-refractivity contribution >= 4 is 34.1 Å². The summed E-state index contributed by atoms with van der Waals surface area (Å²) in [6.45, 7) is 1.77. The van der Waals surface area contributed by atoms with Gasteiger partial charge in [0.1, 0.15) is 5.69 Å². The van der Waals surface area contributed by atoms with E-state index in [9.17, 15) is 14.4 Å². The van der Waals surface area contributed by atoms with Crippen molar-refractivity contribution in [2.45, 2.75) is 19.9 Å². The van der Waals surface area contributed by atoms with Crippen LogP contribution in [0.4, 0.5) is 0 Å². The number of halogens is 1. The number of rotatable bonds is 6. The molecule has 0 aliphatic rings. The van der Waals surface area contributed by atoms with E-state index in [0.29, 0.717) is 27.1 Å². The standard InChI is InChI=1S/C23H19ClN4O3/c1-2-19(29)21-20(13-6-4-3-5-7-13)17-10-14(24)8-9-16(17)23(31)28(21)12-15-11-18(22(25)30)27-26-15/h3-11H,2,12H2,1H3,(H2,25,30)(H,26,27). The molecule has 0 atom stereocenters. The second kappa shape index (κ2) is 8.20. The first-order valence-corrected chi connectivity index (χ1v) is 10.1. The third-order valence-electron chi connectivity index (χ3n) is 5.09. The van der Waals surface area contributed by atoms with E-state index in [2.05, 4.69) is 10.2 Å². The highest BCUT2D eigenvalue weighted by atomic mass is 35.5. The third kappa shape index (κ3) is 3.75. The molecule has 7 nitrogen and oxygen atoms in total. The Bertz CT molecular complexity index is 1370. The number of fused-ring (bicyclic) bond motifs is 1. The lowest BCUT2D eigenvalue weighted by atomic mass is 9.94. The predicted octanol–water partition coefficient (Wildman–Crippen LogP) is 3.78. The van der Waals surface area contributed by atoms with Gasteiger partial charge in [0, 0.05) is 22.4 Å². The first kappa shape index (κ1) is 20.6. The fraction of sp³-hybridized carbons (Fsp3) is 0.130. The van der Waals surface area contributed by atoms with Gasteiger partial charge in [-0.05, 0) is 35.2 Å². The molecule has 1 amide bonds. The van der Waals surface area contributed by atoms with E-state index in [1.165, 1.54) is 10.6 Å². The lowest BCUT2D eigenvalue weighted by molar-refractivity contribution is 0.0975. The SMILES string of the molecule is CCC(=O)c1c(-c2ccccc2)c2cc(Cl)ccc2c(=O)n1Cc1cc(C(N)=O)n[nH]1. The number of ketones is 1. The van der Waals surface area contributed by atoms with E-state index in [4.69, 9.17) is 17.3 Å². The smallest absolute Gasteiger partial charge is 0.269 e. The maximum atomic E-state index is 13.5. The molecule has 0 unspecified atom stereocenters. The summed E-state index contributed by atoms with van der Waals surface area (Å²) in [6, 6.07) is 15.9. The topological polar surface area (TPSA) is 111 Å². The Labute approximate surface area is 182 Å². The summed E-state index contributed by atoms with van der Waals surface area (Å²) in [5.74, 6) is -0.870. The molecular formula is C23H19ClN4O3. The monoisotopic (exact) mass is 434 g/mol. The van der Waals surface area contributed by atoms with Crippen LogP contribution in [-0.4, -0.2) is 26.5 Å². The summed E-state index contributed by atoms with van der Waals surface area (Å²) < 4.78 is 1.42. The van der Waals surface area contributed by atoms with Gasteiger partial charge in [-0.3, -0.25) is 24.0 Å². The maximum Gasteiger partial charge on any atom is 0.269 e. The Balaban J connectivity index is 2.08. The number of hydrogen-bond acceptors (Lipinski definition) is 4. The van der Waals surface area contributed by atoms with Crippen LogP contribution in [0.15, 0.2) is 59.4 Å².